The lowest BCUT2D eigenvalue weighted by Crippen LogP contribution is -2.38. The molecule has 3 aromatic rings. The van der Waals surface area contributed by atoms with Crippen LogP contribution in [0.25, 0.3) is 10.3 Å². The lowest BCUT2D eigenvalue weighted by molar-refractivity contribution is -0.120. The molecule has 0 atom stereocenters. The maximum Gasteiger partial charge on any atom is 0.270 e. The van der Waals surface area contributed by atoms with Gasteiger partial charge in [-0.15, -0.1) is 0 Å². The molecule has 1 fully saturated rings. The number of hydrogen-bond donors (Lipinski definition) is 2. The van der Waals surface area contributed by atoms with Gasteiger partial charge >= 0.3 is 0 Å². The van der Waals surface area contributed by atoms with Crippen LogP contribution in [0.5, 0.6) is 0 Å². The van der Waals surface area contributed by atoms with Crippen LogP contribution in [0.15, 0.2) is 29.3 Å². The zero-order valence-corrected chi connectivity index (χ0v) is 16.1. The number of carbonyl (C=O) groups is 1. The Labute approximate surface area is 160 Å². The summed E-state index contributed by atoms with van der Waals surface area (Å²) in [4.78, 5) is 37.8. The van der Waals surface area contributed by atoms with E-state index in [4.69, 9.17) is 0 Å². The highest BCUT2D eigenvalue weighted by atomic mass is 32.1. The first-order valence-corrected chi connectivity index (χ1v) is 9.80. The fraction of sp³-hybridized carbons (Fsp3) is 0.368. The van der Waals surface area contributed by atoms with Gasteiger partial charge < -0.3 is 15.2 Å². The molecule has 0 bridgehead atoms. The smallest absolute Gasteiger partial charge is 0.270 e. The average molecular weight is 383 g/mol. The summed E-state index contributed by atoms with van der Waals surface area (Å²) in [7, 11) is 0. The average Bonchev–Trinajstić information content (AvgIpc) is 3.10. The van der Waals surface area contributed by atoms with Crippen LogP contribution in [0.2, 0.25) is 0 Å². The number of aromatic nitrogens is 3. The van der Waals surface area contributed by atoms with Crippen LogP contribution < -0.4 is 15.8 Å². The van der Waals surface area contributed by atoms with Crippen LogP contribution in [0.4, 0.5) is 10.8 Å². The molecular weight excluding hydrogens is 362 g/mol. The molecule has 0 saturated carbocycles. The molecule has 140 valence electrons. The molecule has 1 saturated heterocycles. The Morgan fingerprint density at radius 2 is 2.07 bits per heavy atom. The Morgan fingerprint density at radius 3 is 2.78 bits per heavy atom. The molecule has 0 unspecified atom stereocenters. The summed E-state index contributed by atoms with van der Waals surface area (Å²) in [5.41, 5.74) is 3.46. The molecule has 1 aliphatic heterocycles. The standard InChI is InChI=1S/C19H21N5O2S/c1-11-3-4-14(12(2)9-11)22-17(25)13-5-7-24(8-6-13)19-23-16-15(27-19)18(26)21-10-20-16/h3-4,9-10,13H,5-8H2,1-2H3,(H,22,25)(H,20,21,26). The lowest BCUT2D eigenvalue weighted by Gasteiger charge is -2.31. The van der Waals surface area contributed by atoms with Crippen molar-refractivity contribution in [1.29, 1.82) is 0 Å². The first-order valence-electron chi connectivity index (χ1n) is 8.98. The molecule has 8 heteroatoms. The summed E-state index contributed by atoms with van der Waals surface area (Å²) in [6.07, 6.45) is 2.89. The van der Waals surface area contributed by atoms with Gasteiger partial charge in [0.25, 0.3) is 5.56 Å². The van der Waals surface area contributed by atoms with Gasteiger partial charge in [-0.05, 0) is 38.3 Å². The zero-order valence-electron chi connectivity index (χ0n) is 15.3. The number of piperidine rings is 1. The fourth-order valence-corrected chi connectivity index (χ4v) is 4.38. The van der Waals surface area contributed by atoms with E-state index in [-0.39, 0.29) is 17.4 Å². The van der Waals surface area contributed by atoms with E-state index in [1.807, 2.05) is 26.0 Å². The molecule has 1 amide bonds. The van der Waals surface area contributed by atoms with Crippen LogP contribution >= 0.6 is 11.3 Å². The number of thiazole rings is 1. The van der Waals surface area contributed by atoms with Crippen molar-refractivity contribution in [3.8, 4) is 0 Å². The number of nitrogens with one attached hydrogen (secondary N) is 2. The summed E-state index contributed by atoms with van der Waals surface area (Å²) in [6.45, 7) is 5.53. The number of rotatable bonds is 3. The highest BCUT2D eigenvalue weighted by molar-refractivity contribution is 7.22. The SMILES string of the molecule is Cc1ccc(NC(=O)C2CCN(c3nc4nc[nH]c(=O)c4s3)CC2)c(C)c1. The number of aryl methyl sites for hydroxylation is 2. The van der Waals surface area contributed by atoms with E-state index < -0.39 is 0 Å². The third-order valence-electron chi connectivity index (χ3n) is 4.96. The Kier molecular flexibility index (Phi) is 4.65. The van der Waals surface area contributed by atoms with Crippen molar-refractivity contribution in [2.75, 3.05) is 23.3 Å². The van der Waals surface area contributed by atoms with Crippen LogP contribution in [-0.4, -0.2) is 33.9 Å². The number of H-pyrrole nitrogens is 1. The topological polar surface area (TPSA) is 91.0 Å². The molecule has 1 aromatic carbocycles. The molecule has 2 N–H and O–H groups in total. The number of hydrogen-bond acceptors (Lipinski definition) is 6. The highest BCUT2D eigenvalue weighted by Crippen LogP contribution is 2.29. The predicted octanol–water partition coefficient (Wildman–Crippen LogP) is 2.85. The summed E-state index contributed by atoms with van der Waals surface area (Å²) >= 11 is 1.35. The number of carbonyl (C=O) groups excluding carboxylic acids is 1. The summed E-state index contributed by atoms with van der Waals surface area (Å²) in [5, 5.41) is 3.86. The van der Waals surface area contributed by atoms with Gasteiger partial charge in [0, 0.05) is 24.7 Å². The maximum absolute atomic E-state index is 12.6. The minimum absolute atomic E-state index is 0.0159. The van der Waals surface area contributed by atoms with Gasteiger partial charge in [-0.1, -0.05) is 29.0 Å². The van der Waals surface area contributed by atoms with Crippen molar-refractivity contribution in [3.63, 3.8) is 0 Å². The van der Waals surface area contributed by atoms with E-state index in [1.165, 1.54) is 23.2 Å². The highest BCUT2D eigenvalue weighted by Gasteiger charge is 2.27. The minimum atomic E-state index is -0.161. The van der Waals surface area contributed by atoms with E-state index in [2.05, 4.69) is 31.2 Å². The predicted molar refractivity (Wildman–Crippen MR) is 108 cm³/mol. The van der Waals surface area contributed by atoms with Crippen molar-refractivity contribution in [1.82, 2.24) is 15.0 Å². The van der Waals surface area contributed by atoms with Crippen molar-refractivity contribution >= 4 is 38.4 Å². The van der Waals surface area contributed by atoms with Crippen LogP contribution in [0, 0.1) is 19.8 Å². The van der Waals surface area contributed by atoms with Crippen LogP contribution in [0.1, 0.15) is 24.0 Å². The Hall–Kier alpha value is -2.74. The second kappa shape index (κ2) is 7.11. The number of aromatic amines is 1. The second-order valence-corrected chi connectivity index (χ2v) is 7.93. The summed E-state index contributed by atoms with van der Waals surface area (Å²) in [6, 6.07) is 6.04. The maximum atomic E-state index is 12.6. The van der Waals surface area contributed by atoms with Gasteiger partial charge in [-0.2, -0.15) is 4.98 Å². The second-order valence-electron chi connectivity index (χ2n) is 6.95. The normalized spacial score (nSPS) is 15.3. The van der Waals surface area contributed by atoms with Gasteiger partial charge in [0.05, 0.1) is 6.33 Å². The molecule has 4 rings (SSSR count). The van der Waals surface area contributed by atoms with E-state index in [0.717, 1.165) is 42.3 Å². The van der Waals surface area contributed by atoms with Crippen LogP contribution in [0.3, 0.4) is 0 Å². The van der Waals surface area contributed by atoms with E-state index in [9.17, 15) is 9.59 Å². The van der Waals surface area contributed by atoms with E-state index >= 15 is 0 Å². The molecule has 1 aliphatic rings. The third-order valence-corrected chi connectivity index (χ3v) is 6.07. The van der Waals surface area contributed by atoms with Gasteiger partial charge in [-0.25, -0.2) is 4.98 Å². The third kappa shape index (κ3) is 3.57. The monoisotopic (exact) mass is 383 g/mol. The van der Waals surface area contributed by atoms with E-state index in [0.29, 0.717) is 10.3 Å². The minimum Gasteiger partial charge on any atom is -0.348 e. The zero-order chi connectivity index (χ0) is 19.0. The van der Waals surface area contributed by atoms with Crippen molar-refractivity contribution < 1.29 is 4.79 Å². The Balaban J connectivity index is 1.41. The van der Waals surface area contributed by atoms with Crippen LogP contribution in [-0.2, 0) is 4.79 Å². The molecular formula is C19H21N5O2S. The number of anilines is 2. The molecule has 0 spiro atoms. The Morgan fingerprint density at radius 1 is 1.30 bits per heavy atom. The number of fused-ring (bicyclic) bond motifs is 1. The van der Waals surface area contributed by atoms with Gasteiger partial charge in [-0.3, -0.25) is 9.59 Å². The molecule has 27 heavy (non-hydrogen) atoms. The molecule has 3 heterocycles. The van der Waals surface area contributed by atoms with Crippen molar-refractivity contribution in [3.05, 3.63) is 46.0 Å². The number of nitrogens with zero attached hydrogens (tertiary/aromatic N) is 3. The van der Waals surface area contributed by atoms with Gasteiger partial charge in [0.2, 0.25) is 5.91 Å². The van der Waals surface area contributed by atoms with Gasteiger partial charge in [0.1, 0.15) is 4.70 Å². The summed E-state index contributed by atoms with van der Waals surface area (Å²) in [5.74, 6) is 0.0573. The van der Waals surface area contributed by atoms with E-state index in [1.54, 1.807) is 0 Å². The largest absolute Gasteiger partial charge is 0.348 e. The summed E-state index contributed by atoms with van der Waals surface area (Å²) < 4.78 is 0.544. The molecule has 7 nitrogen and oxygen atoms in total. The molecule has 2 aromatic heterocycles. The van der Waals surface area contributed by atoms with Crippen molar-refractivity contribution in [2.24, 2.45) is 5.92 Å². The lowest BCUT2D eigenvalue weighted by atomic mass is 9.96. The quantitative estimate of drug-likeness (QED) is 0.726. The Bertz CT molecular complexity index is 1050. The number of benzene rings is 1. The fourth-order valence-electron chi connectivity index (χ4n) is 3.41. The first kappa shape index (κ1) is 17.7. The first-order chi connectivity index (χ1) is 13.0. The van der Waals surface area contributed by atoms with Gasteiger partial charge in [0.15, 0.2) is 10.8 Å². The number of amides is 1. The van der Waals surface area contributed by atoms with Crippen molar-refractivity contribution in [2.45, 2.75) is 26.7 Å². The molecule has 0 aliphatic carbocycles. The molecule has 0 radical (unpaired) electrons.